The van der Waals surface area contributed by atoms with Crippen molar-refractivity contribution in [3.8, 4) is 0 Å². The summed E-state index contributed by atoms with van der Waals surface area (Å²) < 4.78 is 11.2. The van der Waals surface area contributed by atoms with Crippen LogP contribution in [0, 0.1) is 0 Å². The Labute approximate surface area is 124 Å². The molecule has 112 valence electrons. The minimum Gasteiger partial charge on any atom is -0.478 e. The third kappa shape index (κ3) is 4.71. The molecule has 1 fully saturated rings. The summed E-state index contributed by atoms with van der Waals surface area (Å²) in [6.07, 6.45) is 2.54. The van der Waals surface area contributed by atoms with Gasteiger partial charge in [-0.15, -0.1) is 0 Å². The highest BCUT2D eigenvalue weighted by atomic mass is 32.2. The lowest BCUT2D eigenvalue weighted by Crippen LogP contribution is -2.43. The smallest absolute Gasteiger partial charge is 0.328 e. The molecule has 0 saturated carbocycles. The largest absolute Gasteiger partial charge is 0.478 e. The molecule has 1 aliphatic heterocycles. The first kappa shape index (κ1) is 15.2. The Hall–Kier alpha value is -2.15. The van der Waals surface area contributed by atoms with Crippen LogP contribution in [0.15, 0.2) is 30.3 Å². The molecule has 2 N–H and O–H groups in total. The molecular formula is C14H16N2O4S. The zero-order chi connectivity index (χ0) is 15.2. The van der Waals surface area contributed by atoms with E-state index in [1.54, 1.807) is 29.2 Å². The van der Waals surface area contributed by atoms with Crippen molar-refractivity contribution >= 4 is 34.6 Å². The lowest BCUT2D eigenvalue weighted by molar-refractivity contribution is -0.131. The van der Waals surface area contributed by atoms with Crippen molar-refractivity contribution in [3.63, 3.8) is 0 Å². The minimum absolute atomic E-state index is 0.208. The second-order valence-electron chi connectivity index (χ2n) is 4.56. The number of anilines is 1. The fourth-order valence-electron chi connectivity index (χ4n) is 1.89. The number of carbonyl (C=O) groups excluding carboxylic acids is 1. The van der Waals surface area contributed by atoms with Crippen molar-refractivity contribution in [1.29, 1.82) is 0 Å². The zero-order valence-electron chi connectivity index (χ0n) is 11.3. The number of amides is 2. The number of hydrogen-bond acceptors (Lipinski definition) is 3. The van der Waals surface area contributed by atoms with Crippen LogP contribution < -0.4 is 5.32 Å². The van der Waals surface area contributed by atoms with Gasteiger partial charge in [0.15, 0.2) is 0 Å². The first-order valence-corrected chi connectivity index (χ1v) is 7.95. The Morgan fingerprint density at radius 1 is 1.19 bits per heavy atom. The molecule has 21 heavy (non-hydrogen) atoms. The quantitative estimate of drug-likeness (QED) is 0.826. The fourth-order valence-corrected chi connectivity index (χ4v) is 2.94. The Morgan fingerprint density at radius 3 is 2.38 bits per heavy atom. The van der Waals surface area contributed by atoms with Crippen molar-refractivity contribution in [3.05, 3.63) is 35.9 Å². The molecule has 0 aliphatic carbocycles. The molecule has 1 saturated heterocycles. The highest BCUT2D eigenvalue weighted by molar-refractivity contribution is 7.85. The van der Waals surface area contributed by atoms with E-state index in [4.69, 9.17) is 5.11 Å². The third-order valence-corrected chi connectivity index (χ3v) is 4.32. The maximum Gasteiger partial charge on any atom is 0.328 e. The van der Waals surface area contributed by atoms with E-state index < -0.39 is 16.8 Å². The van der Waals surface area contributed by atoms with E-state index in [0.717, 1.165) is 11.6 Å². The molecule has 1 aromatic rings. The van der Waals surface area contributed by atoms with Gasteiger partial charge >= 0.3 is 12.0 Å². The number of aliphatic carboxylic acids is 1. The summed E-state index contributed by atoms with van der Waals surface area (Å²) in [5, 5.41) is 11.3. The van der Waals surface area contributed by atoms with E-state index in [9.17, 15) is 13.8 Å². The van der Waals surface area contributed by atoms with Gasteiger partial charge in [0.1, 0.15) is 0 Å². The molecule has 6 nitrogen and oxygen atoms in total. The van der Waals surface area contributed by atoms with Crippen LogP contribution in [-0.2, 0) is 15.6 Å². The number of rotatable bonds is 3. The van der Waals surface area contributed by atoms with Crippen LogP contribution in [0.2, 0.25) is 0 Å². The lowest BCUT2D eigenvalue weighted by Gasteiger charge is -2.26. The van der Waals surface area contributed by atoms with Crippen LogP contribution in [0.4, 0.5) is 10.5 Å². The normalized spacial score (nSPS) is 16.1. The van der Waals surface area contributed by atoms with Gasteiger partial charge in [-0.1, -0.05) is 12.1 Å². The van der Waals surface area contributed by atoms with Gasteiger partial charge in [0.2, 0.25) is 0 Å². The maximum absolute atomic E-state index is 12.0. The zero-order valence-corrected chi connectivity index (χ0v) is 12.1. The first-order valence-electron chi connectivity index (χ1n) is 6.46. The molecule has 0 radical (unpaired) electrons. The molecular weight excluding hydrogens is 292 g/mol. The Balaban J connectivity index is 1.92. The average molecular weight is 308 g/mol. The monoisotopic (exact) mass is 308 g/mol. The Morgan fingerprint density at radius 2 is 1.81 bits per heavy atom. The van der Waals surface area contributed by atoms with Crippen molar-refractivity contribution in [2.75, 3.05) is 29.9 Å². The van der Waals surface area contributed by atoms with Crippen molar-refractivity contribution in [2.24, 2.45) is 0 Å². The number of nitrogens with one attached hydrogen (secondary N) is 1. The van der Waals surface area contributed by atoms with E-state index in [0.29, 0.717) is 30.3 Å². The lowest BCUT2D eigenvalue weighted by atomic mass is 10.2. The van der Waals surface area contributed by atoms with Crippen LogP contribution in [0.5, 0.6) is 0 Å². The van der Waals surface area contributed by atoms with Gasteiger partial charge in [0.05, 0.1) is 0 Å². The third-order valence-electron chi connectivity index (χ3n) is 3.05. The van der Waals surface area contributed by atoms with Crippen molar-refractivity contribution in [2.45, 2.75) is 0 Å². The molecule has 1 aliphatic rings. The summed E-state index contributed by atoms with van der Waals surface area (Å²) in [6, 6.07) is 6.66. The molecule has 2 rings (SSSR count). The van der Waals surface area contributed by atoms with E-state index in [-0.39, 0.29) is 6.03 Å². The highest BCUT2D eigenvalue weighted by Crippen LogP contribution is 2.12. The van der Waals surface area contributed by atoms with E-state index in [1.807, 2.05) is 0 Å². The summed E-state index contributed by atoms with van der Waals surface area (Å²) in [5.74, 6) is 0.0356. The second kappa shape index (κ2) is 7.03. The summed E-state index contributed by atoms with van der Waals surface area (Å²) in [6.45, 7) is 0.996. The van der Waals surface area contributed by atoms with Crippen LogP contribution >= 0.6 is 0 Å². The van der Waals surface area contributed by atoms with E-state index in [1.165, 1.54) is 6.08 Å². The molecule has 1 heterocycles. The predicted molar refractivity (Wildman–Crippen MR) is 81.6 cm³/mol. The predicted octanol–water partition coefficient (Wildman–Crippen LogP) is 1.38. The highest BCUT2D eigenvalue weighted by Gasteiger charge is 2.19. The van der Waals surface area contributed by atoms with Crippen molar-refractivity contribution < 1.29 is 18.9 Å². The number of carbonyl (C=O) groups is 2. The molecule has 0 aromatic heterocycles. The maximum atomic E-state index is 12.0. The number of benzene rings is 1. The number of urea groups is 1. The van der Waals surface area contributed by atoms with Gasteiger partial charge in [0, 0.05) is 47.2 Å². The van der Waals surface area contributed by atoms with Gasteiger partial charge in [-0.25, -0.2) is 9.59 Å². The standard InChI is InChI=1S/C14H16N2O4S/c17-13(18)6-3-11-1-4-12(5-2-11)15-14(19)16-7-9-21(20)10-8-16/h1-6H,7-10H2,(H,15,19)(H,17,18). The Bertz CT molecular complexity index is 573. The molecule has 7 heteroatoms. The van der Waals surface area contributed by atoms with Crippen LogP contribution in [0.25, 0.3) is 6.08 Å². The molecule has 1 aromatic carbocycles. The number of carboxylic acids is 1. The summed E-state index contributed by atoms with van der Waals surface area (Å²) in [5.41, 5.74) is 1.38. The molecule has 0 bridgehead atoms. The van der Waals surface area contributed by atoms with Crippen LogP contribution in [0.1, 0.15) is 5.56 Å². The van der Waals surface area contributed by atoms with E-state index in [2.05, 4.69) is 5.32 Å². The van der Waals surface area contributed by atoms with E-state index >= 15 is 0 Å². The summed E-state index contributed by atoms with van der Waals surface area (Å²) in [7, 11) is -0.811. The number of carboxylic acid groups (broad SMARTS) is 1. The SMILES string of the molecule is O=C(O)C=Cc1ccc(NC(=O)N2CCS(=O)CC2)cc1. The van der Waals surface area contributed by atoms with Crippen molar-refractivity contribution in [1.82, 2.24) is 4.90 Å². The summed E-state index contributed by atoms with van der Waals surface area (Å²) >= 11 is 0. The van der Waals surface area contributed by atoms with Gasteiger partial charge in [-0.2, -0.15) is 0 Å². The minimum atomic E-state index is -1.00. The Kier molecular flexibility index (Phi) is 5.10. The van der Waals surface area contributed by atoms with Crippen LogP contribution in [-0.4, -0.2) is 50.8 Å². The topological polar surface area (TPSA) is 86.7 Å². The number of nitrogens with zero attached hydrogens (tertiary/aromatic N) is 1. The van der Waals surface area contributed by atoms with Gasteiger partial charge in [0.25, 0.3) is 0 Å². The van der Waals surface area contributed by atoms with Gasteiger partial charge in [-0.05, 0) is 23.8 Å². The average Bonchev–Trinajstić information content (AvgIpc) is 2.47. The molecule has 2 amide bonds. The molecule has 0 unspecified atom stereocenters. The summed E-state index contributed by atoms with van der Waals surface area (Å²) in [4.78, 5) is 24.0. The second-order valence-corrected chi connectivity index (χ2v) is 6.26. The van der Waals surface area contributed by atoms with Gasteiger partial charge < -0.3 is 15.3 Å². The fraction of sp³-hybridized carbons (Fsp3) is 0.286. The molecule has 0 atom stereocenters. The number of hydrogen-bond donors (Lipinski definition) is 2. The first-order chi connectivity index (χ1) is 10.0. The van der Waals surface area contributed by atoms with Gasteiger partial charge in [-0.3, -0.25) is 4.21 Å². The molecule has 0 spiro atoms. The van der Waals surface area contributed by atoms with Crippen LogP contribution in [0.3, 0.4) is 0 Å².